The van der Waals surface area contributed by atoms with Crippen LogP contribution < -0.4 is 11.2 Å². The Morgan fingerprint density at radius 1 is 0.921 bits per heavy atom. The number of hydrogen-bond acceptors (Lipinski definition) is 7. The predicted molar refractivity (Wildman–Crippen MR) is 135 cm³/mol. The molecule has 4 aromatic rings. The van der Waals surface area contributed by atoms with Gasteiger partial charge < -0.3 is 14.5 Å². The predicted octanol–water partition coefficient (Wildman–Crippen LogP) is 5.45. The molecule has 0 bridgehead atoms. The molecule has 38 heavy (non-hydrogen) atoms. The molecule has 202 valence electrons. The zero-order valence-electron chi connectivity index (χ0n) is 21.3. The lowest BCUT2D eigenvalue weighted by Crippen LogP contribution is -2.43. The minimum atomic E-state index is -4.76. The lowest BCUT2D eigenvalue weighted by atomic mass is 10.1. The van der Waals surface area contributed by atoms with Crippen molar-refractivity contribution < 1.29 is 32.2 Å². The molecule has 3 aromatic heterocycles. The van der Waals surface area contributed by atoms with Gasteiger partial charge in [0.1, 0.15) is 11.2 Å². The number of nitrogens with one attached hydrogen (secondary N) is 1. The van der Waals surface area contributed by atoms with Crippen LogP contribution in [0.5, 0.6) is 0 Å². The van der Waals surface area contributed by atoms with E-state index in [2.05, 4.69) is 4.98 Å². The molecule has 13 heteroatoms. The van der Waals surface area contributed by atoms with Crippen molar-refractivity contribution in [2.24, 2.45) is 0 Å². The van der Waals surface area contributed by atoms with E-state index in [1.807, 2.05) is 0 Å². The number of hydrogen-bond donors (Lipinski definition) is 1. The van der Waals surface area contributed by atoms with E-state index >= 15 is 0 Å². The highest BCUT2D eigenvalue weighted by atomic mass is 32.1. The average Bonchev–Trinajstić information content (AvgIpc) is 3.36. The summed E-state index contributed by atoms with van der Waals surface area (Å²) in [6.07, 6.45) is -5.86. The van der Waals surface area contributed by atoms with Crippen LogP contribution in [0.15, 0.2) is 38.5 Å². The topological polar surface area (TPSA) is 112 Å². The molecule has 0 saturated carbocycles. The van der Waals surface area contributed by atoms with E-state index in [-0.39, 0.29) is 21.8 Å². The molecule has 4 rings (SSSR count). The Morgan fingerprint density at radius 2 is 1.55 bits per heavy atom. The highest BCUT2D eigenvalue weighted by Crippen LogP contribution is 2.34. The zero-order chi connectivity index (χ0) is 28.4. The van der Waals surface area contributed by atoms with Gasteiger partial charge in [0.25, 0.3) is 5.56 Å². The van der Waals surface area contributed by atoms with Gasteiger partial charge in [-0.25, -0.2) is 19.0 Å². The van der Waals surface area contributed by atoms with Crippen molar-refractivity contribution in [1.82, 2.24) is 14.1 Å². The van der Waals surface area contributed by atoms with E-state index < -0.39 is 57.6 Å². The molecule has 0 saturated heterocycles. The first-order valence-corrected chi connectivity index (χ1v) is 12.3. The van der Waals surface area contributed by atoms with E-state index in [1.54, 1.807) is 41.5 Å². The fourth-order valence-electron chi connectivity index (χ4n) is 3.78. The number of esters is 1. The summed E-state index contributed by atoms with van der Waals surface area (Å²) in [5.74, 6) is -1.02. The molecule has 0 fully saturated rings. The maximum absolute atomic E-state index is 13.8. The molecule has 1 aromatic carbocycles. The number of aromatic nitrogens is 3. The molecule has 0 aliphatic rings. The van der Waals surface area contributed by atoms with Gasteiger partial charge in [0.15, 0.2) is 5.69 Å². The van der Waals surface area contributed by atoms with Crippen LogP contribution >= 0.6 is 11.3 Å². The number of thiophene rings is 1. The van der Waals surface area contributed by atoms with Gasteiger partial charge in [-0.3, -0.25) is 4.79 Å². The fraction of sp³-hybridized carbons (Fsp3) is 0.360. The summed E-state index contributed by atoms with van der Waals surface area (Å²) in [5, 5.41) is 2.47. The molecule has 3 heterocycles. The third kappa shape index (κ3) is 4.97. The molecule has 1 N–H and O–H groups in total. The third-order valence-corrected chi connectivity index (χ3v) is 5.93. The first-order chi connectivity index (χ1) is 17.4. The number of aromatic amines is 1. The van der Waals surface area contributed by atoms with E-state index in [9.17, 15) is 32.3 Å². The molecule has 0 amide bonds. The molecule has 9 nitrogen and oxygen atoms in total. The second-order valence-electron chi connectivity index (χ2n) is 10.5. The Balaban J connectivity index is 2.15. The number of halogens is 3. The Labute approximate surface area is 217 Å². The van der Waals surface area contributed by atoms with Gasteiger partial charge in [-0.05, 0) is 59.7 Å². The van der Waals surface area contributed by atoms with Crippen molar-refractivity contribution >= 4 is 45.2 Å². The number of nitrogens with zero attached hydrogens (tertiary/aromatic N) is 2. The highest BCUT2D eigenvalue weighted by molar-refractivity contribution is 7.09. The van der Waals surface area contributed by atoms with Crippen molar-refractivity contribution in [3.8, 4) is 5.69 Å². The Hall–Kier alpha value is -3.87. The maximum Gasteiger partial charge on any atom is 0.423 e. The molecule has 0 aliphatic heterocycles. The van der Waals surface area contributed by atoms with Crippen molar-refractivity contribution in [3.05, 3.63) is 61.1 Å². The maximum atomic E-state index is 13.8. The summed E-state index contributed by atoms with van der Waals surface area (Å²) in [5.41, 5.74) is -6.16. The van der Waals surface area contributed by atoms with Crippen LogP contribution in [0.2, 0.25) is 0 Å². The molecule has 0 radical (unpaired) electrons. The minimum Gasteiger partial charge on any atom is -0.455 e. The standard InChI is InChI=1S/C25H24F3N3O6S/c1-23(2,3)36-20(33)17-18(13-9-12(25(26,27)28)7-8-15(13)29-17)31-19(32)14-10-38-11-16(14)30(21(31)34)22(35)37-24(4,5)6/h7-11,29H,1-6H3. The summed E-state index contributed by atoms with van der Waals surface area (Å²) in [6.45, 7) is 9.47. The average molecular weight is 552 g/mol. The Bertz CT molecular complexity index is 1710. The van der Waals surface area contributed by atoms with Crippen LogP contribution in [-0.4, -0.2) is 37.4 Å². The number of benzene rings is 1. The summed E-state index contributed by atoms with van der Waals surface area (Å²) in [4.78, 5) is 56.2. The van der Waals surface area contributed by atoms with Crippen LogP contribution in [-0.2, 0) is 15.7 Å². The summed E-state index contributed by atoms with van der Waals surface area (Å²) in [7, 11) is 0. The lowest BCUT2D eigenvalue weighted by Gasteiger charge is -2.21. The van der Waals surface area contributed by atoms with E-state index in [0.717, 1.165) is 29.5 Å². The molecular formula is C25H24F3N3O6S. The molecule has 0 aliphatic carbocycles. The van der Waals surface area contributed by atoms with Gasteiger partial charge in [0.2, 0.25) is 0 Å². The number of H-pyrrole nitrogens is 1. The Kier molecular flexibility index (Phi) is 6.34. The molecule has 0 atom stereocenters. The summed E-state index contributed by atoms with van der Waals surface area (Å²) < 4.78 is 52.7. The monoisotopic (exact) mass is 551 g/mol. The fourth-order valence-corrected chi connectivity index (χ4v) is 4.57. The number of alkyl halides is 3. The number of rotatable bonds is 2. The Morgan fingerprint density at radius 3 is 2.13 bits per heavy atom. The quantitative estimate of drug-likeness (QED) is 0.332. The van der Waals surface area contributed by atoms with Crippen molar-refractivity contribution in [2.45, 2.75) is 58.9 Å². The second kappa shape index (κ2) is 8.86. The largest absolute Gasteiger partial charge is 0.455 e. The first-order valence-electron chi connectivity index (χ1n) is 11.3. The van der Waals surface area contributed by atoms with Crippen LogP contribution in [0, 0.1) is 0 Å². The van der Waals surface area contributed by atoms with Crippen molar-refractivity contribution in [2.75, 3.05) is 0 Å². The molecule has 0 spiro atoms. The highest BCUT2D eigenvalue weighted by Gasteiger charge is 2.34. The van der Waals surface area contributed by atoms with E-state index in [0.29, 0.717) is 9.13 Å². The smallest absolute Gasteiger partial charge is 0.423 e. The van der Waals surface area contributed by atoms with E-state index in [1.165, 1.54) is 10.8 Å². The summed E-state index contributed by atoms with van der Waals surface area (Å²) in [6, 6.07) is 2.60. The van der Waals surface area contributed by atoms with Gasteiger partial charge in [-0.1, -0.05) is 0 Å². The van der Waals surface area contributed by atoms with Crippen LogP contribution in [0.25, 0.3) is 27.5 Å². The molecule has 0 unspecified atom stereocenters. The van der Waals surface area contributed by atoms with E-state index in [4.69, 9.17) is 9.47 Å². The second-order valence-corrected chi connectivity index (χ2v) is 11.3. The SMILES string of the molecule is CC(C)(C)OC(=O)c1[nH]c2ccc(C(F)(F)F)cc2c1-n1c(=O)c2cscc2n(C(=O)OC(C)(C)C)c1=O. The van der Waals surface area contributed by atoms with Gasteiger partial charge in [-0.15, -0.1) is 11.3 Å². The van der Waals surface area contributed by atoms with Crippen LogP contribution in [0.4, 0.5) is 18.0 Å². The zero-order valence-corrected chi connectivity index (χ0v) is 22.1. The first kappa shape index (κ1) is 27.2. The van der Waals surface area contributed by atoms with Crippen LogP contribution in [0.1, 0.15) is 57.6 Å². The van der Waals surface area contributed by atoms with Gasteiger partial charge in [0.05, 0.1) is 22.2 Å². The number of carbonyl (C=O) groups excluding carboxylic acids is 2. The number of fused-ring (bicyclic) bond motifs is 2. The van der Waals surface area contributed by atoms with Gasteiger partial charge >= 0.3 is 23.9 Å². The third-order valence-electron chi connectivity index (χ3n) is 5.20. The van der Waals surface area contributed by atoms with Gasteiger partial charge in [-0.2, -0.15) is 17.7 Å². The number of ether oxygens (including phenoxy) is 2. The minimum absolute atomic E-state index is 0.0365. The van der Waals surface area contributed by atoms with Gasteiger partial charge in [0, 0.05) is 21.7 Å². The molecular weight excluding hydrogens is 527 g/mol. The lowest BCUT2D eigenvalue weighted by molar-refractivity contribution is -0.137. The number of carbonyl (C=O) groups is 2. The van der Waals surface area contributed by atoms with Crippen molar-refractivity contribution in [3.63, 3.8) is 0 Å². The van der Waals surface area contributed by atoms with Crippen molar-refractivity contribution in [1.29, 1.82) is 0 Å². The normalized spacial score (nSPS) is 12.8. The van der Waals surface area contributed by atoms with Crippen LogP contribution in [0.3, 0.4) is 0 Å². The summed E-state index contributed by atoms with van der Waals surface area (Å²) >= 11 is 1.03.